The van der Waals surface area contributed by atoms with Crippen molar-refractivity contribution in [1.82, 2.24) is 9.88 Å². The summed E-state index contributed by atoms with van der Waals surface area (Å²) >= 11 is 0. The molecule has 2 aromatic rings. The van der Waals surface area contributed by atoms with Gasteiger partial charge in [0.05, 0.1) is 5.69 Å². The molecule has 4 nitrogen and oxygen atoms in total. The van der Waals surface area contributed by atoms with E-state index >= 15 is 0 Å². The van der Waals surface area contributed by atoms with Gasteiger partial charge in [0, 0.05) is 24.7 Å². The van der Waals surface area contributed by atoms with E-state index in [2.05, 4.69) is 34.1 Å². The molecule has 0 radical (unpaired) electrons. The van der Waals surface area contributed by atoms with Gasteiger partial charge in [-0.05, 0) is 37.1 Å². The van der Waals surface area contributed by atoms with Gasteiger partial charge in [0.25, 0.3) is 0 Å². The summed E-state index contributed by atoms with van der Waals surface area (Å²) in [7, 11) is 0. The lowest BCUT2D eigenvalue weighted by atomic mass is 10.1. The molecule has 1 aromatic carbocycles. The van der Waals surface area contributed by atoms with Crippen LogP contribution < -0.4 is 11.5 Å². The van der Waals surface area contributed by atoms with Crippen LogP contribution in [-0.2, 0) is 6.42 Å². The number of nitrogen functional groups attached to an aromatic ring is 1. The highest BCUT2D eigenvalue weighted by molar-refractivity contribution is 5.61. The van der Waals surface area contributed by atoms with Crippen molar-refractivity contribution in [1.29, 1.82) is 0 Å². The number of anilines is 1. The molecule has 110 valence electrons. The molecular weight excluding hydrogens is 260 g/mol. The topological polar surface area (TPSA) is 68.2 Å². The van der Waals surface area contributed by atoms with E-state index in [0.29, 0.717) is 11.9 Å². The molecule has 0 spiro atoms. The smallest absolute Gasteiger partial charge is 0.124 e. The summed E-state index contributed by atoms with van der Waals surface area (Å²) in [6.45, 7) is 3.25. The first-order valence-corrected chi connectivity index (χ1v) is 7.50. The van der Waals surface area contributed by atoms with E-state index in [0.717, 1.165) is 43.7 Å². The van der Waals surface area contributed by atoms with E-state index in [1.54, 1.807) is 6.07 Å². The number of benzene rings is 1. The van der Waals surface area contributed by atoms with Gasteiger partial charge < -0.3 is 16.4 Å². The van der Waals surface area contributed by atoms with Gasteiger partial charge in [-0.3, -0.25) is 0 Å². The number of aromatic nitrogens is 1. The quantitative estimate of drug-likeness (QED) is 0.899. The Labute approximate surface area is 125 Å². The highest BCUT2D eigenvalue weighted by Crippen LogP contribution is 2.19. The molecule has 0 bridgehead atoms. The van der Waals surface area contributed by atoms with Crippen molar-refractivity contribution in [2.75, 3.05) is 25.4 Å². The molecule has 1 aliphatic rings. The molecule has 1 aliphatic heterocycles. The van der Waals surface area contributed by atoms with E-state index in [1.165, 1.54) is 5.56 Å². The maximum absolute atomic E-state index is 5.93. The molecule has 21 heavy (non-hydrogen) atoms. The fourth-order valence-electron chi connectivity index (χ4n) is 2.81. The number of hydrogen-bond donors (Lipinski definition) is 2. The van der Waals surface area contributed by atoms with Gasteiger partial charge in [0.2, 0.25) is 0 Å². The van der Waals surface area contributed by atoms with Crippen molar-refractivity contribution in [3.05, 3.63) is 48.0 Å². The van der Waals surface area contributed by atoms with Crippen LogP contribution in [0.4, 0.5) is 5.82 Å². The largest absolute Gasteiger partial charge is 0.384 e. The Morgan fingerprint density at radius 1 is 1.14 bits per heavy atom. The average Bonchev–Trinajstić information content (AvgIpc) is 2.91. The second kappa shape index (κ2) is 6.24. The Kier molecular flexibility index (Phi) is 4.18. The minimum Gasteiger partial charge on any atom is -0.384 e. The lowest BCUT2D eigenvalue weighted by molar-refractivity contribution is 0.339. The Balaban J connectivity index is 1.61. The zero-order valence-corrected chi connectivity index (χ0v) is 12.2. The number of nitrogens with two attached hydrogens (primary N) is 2. The Bertz CT molecular complexity index is 594. The minimum absolute atomic E-state index is 0.363. The summed E-state index contributed by atoms with van der Waals surface area (Å²) in [6.07, 6.45) is 2.19. The third-order valence-corrected chi connectivity index (χ3v) is 4.05. The van der Waals surface area contributed by atoms with Crippen LogP contribution in [0.25, 0.3) is 11.3 Å². The van der Waals surface area contributed by atoms with Gasteiger partial charge in [-0.1, -0.05) is 30.3 Å². The molecule has 2 heterocycles. The zero-order chi connectivity index (χ0) is 14.7. The SMILES string of the molecule is Nc1cccc(-c2ccc(CCN3CCC(N)C3)cc2)n1. The minimum atomic E-state index is 0.363. The Morgan fingerprint density at radius 2 is 1.95 bits per heavy atom. The molecule has 4 heteroatoms. The van der Waals surface area contributed by atoms with Crippen molar-refractivity contribution in [2.45, 2.75) is 18.9 Å². The van der Waals surface area contributed by atoms with Crippen molar-refractivity contribution in [2.24, 2.45) is 5.73 Å². The standard InChI is InChI=1S/C17H22N4/c18-15-9-11-21(12-15)10-8-13-4-6-14(7-5-13)16-2-1-3-17(19)20-16/h1-7,15H,8-12,18H2,(H2,19,20). The van der Waals surface area contributed by atoms with Crippen molar-refractivity contribution in [3.63, 3.8) is 0 Å². The molecule has 3 rings (SSSR count). The zero-order valence-electron chi connectivity index (χ0n) is 12.2. The van der Waals surface area contributed by atoms with Crippen LogP contribution >= 0.6 is 0 Å². The molecule has 0 saturated carbocycles. The second-order valence-corrected chi connectivity index (χ2v) is 5.74. The number of nitrogens with zero attached hydrogens (tertiary/aromatic N) is 2. The summed E-state index contributed by atoms with van der Waals surface area (Å²) in [5, 5.41) is 0. The first-order chi connectivity index (χ1) is 10.2. The molecule has 1 atom stereocenters. The predicted molar refractivity (Wildman–Crippen MR) is 86.8 cm³/mol. The molecule has 1 saturated heterocycles. The highest BCUT2D eigenvalue weighted by Gasteiger charge is 2.18. The third-order valence-electron chi connectivity index (χ3n) is 4.05. The van der Waals surface area contributed by atoms with Crippen LogP contribution in [0.15, 0.2) is 42.5 Å². The number of likely N-dealkylation sites (tertiary alicyclic amines) is 1. The van der Waals surface area contributed by atoms with Crippen molar-refractivity contribution < 1.29 is 0 Å². The molecule has 1 fully saturated rings. The van der Waals surface area contributed by atoms with E-state index in [1.807, 2.05) is 12.1 Å². The predicted octanol–water partition coefficient (Wildman–Crippen LogP) is 1.91. The monoisotopic (exact) mass is 282 g/mol. The van der Waals surface area contributed by atoms with Gasteiger partial charge >= 0.3 is 0 Å². The normalized spacial score (nSPS) is 19.0. The van der Waals surface area contributed by atoms with Crippen LogP contribution in [0.5, 0.6) is 0 Å². The lowest BCUT2D eigenvalue weighted by Crippen LogP contribution is -2.28. The van der Waals surface area contributed by atoms with Gasteiger partial charge in [-0.25, -0.2) is 4.98 Å². The summed E-state index contributed by atoms with van der Waals surface area (Å²) in [5.41, 5.74) is 15.0. The summed E-state index contributed by atoms with van der Waals surface area (Å²) in [4.78, 5) is 6.79. The van der Waals surface area contributed by atoms with Crippen LogP contribution in [0.1, 0.15) is 12.0 Å². The highest BCUT2D eigenvalue weighted by atomic mass is 15.2. The number of pyridine rings is 1. The second-order valence-electron chi connectivity index (χ2n) is 5.74. The fraction of sp³-hybridized carbons (Fsp3) is 0.353. The molecule has 4 N–H and O–H groups in total. The number of hydrogen-bond acceptors (Lipinski definition) is 4. The maximum atomic E-state index is 5.93. The first-order valence-electron chi connectivity index (χ1n) is 7.50. The van der Waals surface area contributed by atoms with E-state index in [-0.39, 0.29) is 0 Å². The maximum Gasteiger partial charge on any atom is 0.124 e. The lowest BCUT2D eigenvalue weighted by Gasteiger charge is -2.14. The molecular formula is C17H22N4. The van der Waals surface area contributed by atoms with Crippen LogP contribution in [-0.4, -0.2) is 35.6 Å². The van der Waals surface area contributed by atoms with Crippen molar-refractivity contribution >= 4 is 5.82 Å². The number of rotatable bonds is 4. The van der Waals surface area contributed by atoms with Gasteiger partial charge in [-0.15, -0.1) is 0 Å². The summed E-state index contributed by atoms with van der Waals surface area (Å²) in [5.74, 6) is 0.557. The first kappa shape index (κ1) is 14.0. The summed E-state index contributed by atoms with van der Waals surface area (Å²) in [6, 6.07) is 14.7. The van der Waals surface area contributed by atoms with Crippen molar-refractivity contribution in [3.8, 4) is 11.3 Å². The van der Waals surface area contributed by atoms with Crippen LogP contribution in [0, 0.1) is 0 Å². The molecule has 1 unspecified atom stereocenters. The van der Waals surface area contributed by atoms with Gasteiger partial charge in [0.15, 0.2) is 0 Å². The van der Waals surface area contributed by atoms with E-state index in [9.17, 15) is 0 Å². The summed E-state index contributed by atoms with van der Waals surface area (Å²) < 4.78 is 0. The average molecular weight is 282 g/mol. The third kappa shape index (κ3) is 3.60. The molecule has 1 aromatic heterocycles. The van der Waals surface area contributed by atoms with Gasteiger partial charge in [0.1, 0.15) is 5.82 Å². The molecule has 0 aliphatic carbocycles. The van der Waals surface area contributed by atoms with E-state index < -0.39 is 0 Å². The van der Waals surface area contributed by atoms with Crippen LogP contribution in [0.2, 0.25) is 0 Å². The molecule has 0 amide bonds. The Hall–Kier alpha value is -1.91. The van der Waals surface area contributed by atoms with E-state index in [4.69, 9.17) is 11.5 Å². The fourth-order valence-corrected chi connectivity index (χ4v) is 2.81. The van der Waals surface area contributed by atoms with Gasteiger partial charge in [-0.2, -0.15) is 0 Å². The Morgan fingerprint density at radius 3 is 2.62 bits per heavy atom. The van der Waals surface area contributed by atoms with Crippen LogP contribution in [0.3, 0.4) is 0 Å².